The molecule has 1 aliphatic heterocycles. The highest BCUT2D eigenvalue weighted by molar-refractivity contribution is 6.28. The number of benzene rings is 3. The van der Waals surface area contributed by atoms with Gasteiger partial charge < -0.3 is 16.0 Å². The second kappa shape index (κ2) is 8.96. The Labute approximate surface area is 191 Å². The number of hydrazone groups is 1. The van der Waals surface area contributed by atoms with Crippen LogP contribution in [-0.2, 0) is 9.59 Å². The Kier molecular flexibility index (Phi) is 5.91. The van der Waals surface area contributed by atoms with Gasteiger partial charge in [-0.25, -0.2) is 0 Å². The highest BCUT2D eigenvalue weighted by atomic mass is 16.2. The molecule has 0 aliphatic carbocycles. The van der Waals surface area contributed by atoms with Crippen molar-refractivity contribution in [3.8, 4) is 0 Å². The smallest absolute Gasteiger partial charge is 0.302 e. The highest BCUT2D eigenvalue weighted by Crippen LogP contribution is 2.28. The van der Waals surface area contributed by atoms with E-state index in [0.29, 0.717) is 16.9 Å². The molecule has 1 unspecified atom stereocenters. The summed E-state index contributed by atoms with van der Waals surface area (Å²) in [6.45, 7) is 3.23. The lowest BCUT2D eigenvalue weighted by Crippen LogP contribution is -2.67. The lowest BCUT2D eigenvalue weighted by atomic mass is 10.1. The van der Waals surface area contributed by atoms with Gasteiger partial charge >= 0.3 is 5.91 Å². The topological polar surface area (TPSA) is 103 Å². The molecule has 4 rings (SSSR count). The SMILES string of the molecule is CC(=O)NC1(Nc2ccccc2)C(=O)N(c2ccc(C)cc2)N=C1NC(=O)c1ccccc1. The number of amides is 3. The molecule has 0 spiro atoms. The van der Waals surface area contributed by atoms with Crippen LogP contribution in [0.15, 0.2) is 90.0 Å². The minimum Gasteiger partial charge on any atom is -0.348 e. The summed E-state index contributed by atoms with van der Waals surface area (Å²) in [7, 11) is 0. The molecule has 0 bridgehead atoms. The third kappa shape index (κ3) is 4.45. The van der Waals surface area contributed by atoms with E-state index in [-0.39, 0.29) is 5.84 Å². The summed E-state index contributed by atoms with van der Waals surface area (Å²) in [4.78, 5) is 39.0. The van der Waals surface area contributed by atoms with Crippen molar-refractivity contribution in [2.75, 3.05) is 10.3 Å². The molecule has 0 saturated carbocycles. The van der Waals surface area contributed by atoms with Gasteiger partial charge in [0.05, 0.1) is 5.69 Å². The van der Waals surface area contributed by atoms with Crippen LogP contribution in [0.5, 0.6) is 0 Å². The fraction of sp³-hybridized carbons (Fsp3) is 0.120. The van der Waals surface area contributed by atoms with E-state index in [0.717, 1.165) is 5.56 Å². The van der Waals surface area contributed by atoms with Gasteiger partial charge in [-0.2, -0.15) is 5.01 Å². The van der Waals surface area contributed by atoms with Crippen molar-refractivity contribution < 1.29 is 14.4 Å². The fourth-order valence-corrected chi connectivity index (χ4v) is 3.49. The third-order valence-corrected chi connectivity index (χ3v) is 5.08. The first kappa shape index (κ1) is 21.8. The zero-order chi connectivity index (χ0) is 23.4. The van der Waals surface area contributed by atoms with E-state index in [4.69, 9.17) is 0 Å². The Bertz CT molecular complexity index is 1210. The maximum Gasteiger partial charge on any atom is 0.302 e. The number of hydrogen-bond acceptors (Lipinski definition) is 5. The number of nitrogens with one attached hydrogen (secondary N) is 3. The molecule has 8 heteroatoms. The van der Waals surface area contributed by atoms with Gasteiger partial charge in [-0.1, -0.05) is 54.1 Å². The zero-order valence-electron chi connectivity index (χ0n) is 18.2. The van der Waals surface area contributed by atoms with Gasteiger partial charge in [0, 0.05) is 18.2 Å². The van der Waals surface area contributed by atoms with Gasteiger partial charge in [0.25, 0.3) is 11.6 Å². The van der Waals surface area contributed by atoms with Crippen LogP contribution in [-0.4, -0.2) is 29.2 Å². The average molecular weight is 441 g/mol. The second-order valence-electron chi connectivity index (χ2n) is 7.64. The number of hydrogen-bond donors (Lipinski definition) is 3. The minimum absolute atomic E-state index is 0.0408. The van der Waals surface area contributed by atoms with Gasteiger partial charge in [0.15, 0.2) is 5.84 Å². The predicted octanol–water partition coefficient (Wildman–Crippen LogP) is 3.03. The Morgan fingerprint density at radius 1 is 0.879 bits per heavy atom. The summed E-state index contributed by atoms with van der Waals surface area (Å²) in [6, 6.07) is 24.7. The lowest BCUT2D eigenvalue weighted by Gasteiger charge is -2.31. The number of rotatable bonds is 5. The molecular formula is C25H23N5O3. The number of amidine groups is 1. The number of carbonyl (C=O) groups excluding carboxylic acids is 3. The van der Waals surface area contributed by atoms with Crippen LogP contribution in [0, 0.1) is 6.92 Å². The van der Waals surface area contributed by atoms with Gasteiger partial charge in [0.2, 0.25) is 5.91 Å². The van der Waals surface area contributed by atoms with E-state index in [1.165, 1.54) is 11.9 Å². The lowest BCUT2D eigenvalue weighted by molar-refractivity contribution is -0.127. The van der Waals surface area contributed by atoms with Crippen molar-refractivity contribution >= 4 is 34.9 Å². The molecule has 0 fully saturated rings. The van der Waals surface area contributed by atoms with E-state index in [2.05, 4.69) is 21.1 Å². The Morgan fingerprint density at radius 2 is 1.48 bits per heavy atom. The van der Waals surface area contributed by atoms with Gasteiger partial charge in [-0.15, -0.1) is 5.10 Å². The van der Waals surface area contributed by atoms with Crippen molar-refractivity contribution in [2.45, 2.75) is 19.5 Å². The molecule has 166 valence electrons. The monoisotopic (exact) mass is 441 g/mol. The Balaban J connectivity index is 1.80. The maximum atomic E-state index is 13.8. The van der Waals surface area contributed by atoms with Crippen LogP contribution in [0.2, 0.25) is 0 Å². The van der Waals surface area contributed by atoms with Crippen molar-refractivity contribution in [1.29, 1.82) is 0 Å². The number of anilines is 2. The van der Waals surface area contributed by atoms with Gasteiger partial charge in [-0.3, -0.25) is 14.4 Å². The van der Waals surface area contributed by atoms with E-state index < -0.39 is 23.4 Å². The van der Waals surface area contributed by atoms with Crippen molar-refractivity contribution in [1.82, 2.24) is 10.6 Å². The molecule has 3 N–H and O–H groups in total. The predicted molar refractivity (Wildman–Crippen MR) is 127 cm³/mol. The van der Waals surface area contributed by atoms with Gasteiger partial charge in [0.1, 0.15) is 0 Å². The molecule has 1 aliphatic rings. The van der Waals surface area contributed by atoms with Crippen LogP contribution in [0.1, 0.15) is 22.8 Å². The van der Waals surface area contributed by atoms with Crippen molar-refractivity contribution in [3.63, 3.8) is 0 Å². The highest BCUT2D eigenvalue weighted by Gasteiger charge is 2.54. The molecule has 33 heavy (non-hydrogen) atoms. The average Bonchev–Trinajstić information content (AvgIpc) is 3.06. The molecule has 1 atom stereocenters. The molecule has 0 saturated heterocycles. The van der Waals surface area contributed by atoms with Crippen LogP contribution in [0.3, 0.4) is 0 Å². The quantitative estimate of drug-likeness (QED) is 0.530. The molecule has 3 aromatic rings. The first-order chi connectivity index (χ1) is 15.9. The first-order valence-electron chi connectivity index (χ1n) is 10.4. The van der Waals surface area contributed by atoms with Crippen LogP contribution >= 0.6 is 0 Å². The maximum absolute atomic E-state index is 13.8. The minimum atomic E-state index is -1.82. The number of carbonyl (C=O) groups is 3. The number of aryl methyl sites for hydroxylation is 1. The fourth-order valence-electron chi connectivity index (χ4n) is 3.49. The standard InChI is InChI=1S/C25H23N5O3/c1-17-13-15-21(16-14-17)30-24(33)25(27-18(2)31,28-20-11-7-4-8-12-20)23(29-30)26-22(32)19-9-5-3-6-10-19/h3-16,28H,1-2H3,(H,27,31)(H,26,29,32). The van der Waals surface area contributed by atoms with E-state index in [9.17, 15) is 14.4 Å². The molecule has 0 radical (unpaired) electrons. The summed E-state index contributed by atoms with van der Waals surface area (Å²) in [5.74, 6) is -1.54. The summed E-state index contributed by atoms with van der Waals surface area (Å²) < 4.78 is 0. The van der Waals surface area contributed by atoms with E-state index in [1.54, 1.807) is 66.7 Å². The third-order valence-electron chi connectivity index (χ3n) is 5.08. The van der Waals surface area contributed by atoms with E-state index in [1.807, 2.05) is 25.1 Å². The van der Waals surface area contributed by atoms with Crippen molar-refractivity contribution in [2.24, 2.45) is 5.10 Å². The molecule has 1 heterocycles. The molecular weight excluding hydrogens is 418 g/mol. The molecule has 3 aromatic carbocycles. The Hall–Kier alpha value is -4.46. The summed E-state index contributed by atoms with van der Waals surface area (Å²) in [6.07, 6.45) is 0. The zero-order valence-corrected chi connectivity index (χ0v) is 18.2. The number of para-hydroxylation sites is 1. The van der Waals surface area contributed by atoms with Gasteiger partial charge in [-0.05, 0) is 43.3 Å². The largest absolute Gasteiger partial charge is 0.348 e. The van der Waals surface area contributed by atoms with E-state index >= 15 is 0 Å². The summed E-state index contributed by atoms with van der Waals surface area (Å²) in [5.41, 5.74) is 0.647. The molecule has 8 nitrogen and oxygen atoms in total. The number of nitrogens with zero attached hydrogens (tertiary/aromatic N) is 2. The molecule has 3 amide bonds. The Morgan fingerprint density at radius 3 is 2.09 bits per heavy atom. The normalized spacial score (nSPS) is 17.3. The second-order valence-corrected chi connectivity index (χ2v) is 7.64. The molecule has 0 aromatic heterocycles. The van der Waals surface area contributed by atoms with Crippen LogP contribution in [0.25, 0.3) is 0 Å². The van der Waals surface area contributed by atoms with Crippen molar-refractivity contribution in [3.05, 3.63) is 96.1 Å². The first-order valence-corrected chi connectivity index (χ1v) is 10.4. The summed E-state index contributed by atoms with van der Waals surface area (Å²) >= 11 is 0. The van der Waals surface area contributed by atoms with Crippen LogP contribution < -0.4 is 21.0 Å². The van der Waals surface area contributed by atoms with Crippen LogP contribution in [0.4, 0.5) is 11.4 Å². The summed E-state index contributed by atoms with van der Waals surface area (Å²) in [5, 5.41) is 14.1.